The average molecular weight is 417 g/mol. The second kappa shape index (κ2) is 7.55. The van der Waals surface area contributed by atoms with Crippen LogP contribution in [-0.2, 0) is 10.8 Å². The van der Waals surface area contributed by atoms with E-state index >= 15 is 0 Å². The monoisotopic (exact) mass is 416 g/mol. The molecule has 0 aliphatic heterocycles. The first-order valence-corrected chi connectivity index (χ1v) is 11.3. The summed E-state index contributed by atoms with van der Waals surface area (Å²) in [5.74, 6) is -0.898. The van der Waals surface area contributed by atoms with Gasteiger partial charge >= 0.3 is 5.97 Å². The van der Waals surface area contributed by atoms with Gasteiger partial charge in [0.15, 0.2) is 0 Å². The Morgan fingerprint density at radius 2 is 1.57 bits per heavy atom. The molecule has 1 heterocycles. The molecule has 1 aliphatic rings. The number of aromatic carboxylic acids is 1. The first-order chi connectivity index (χ1) is 14.2. The number of benzene rings is 2. The Hall–Kier alpha value is -2.65. The normalized spacial score (nSPS) is 17.1. The molecule has 30 heavy (non-hydrogen) atoms. The number of carbonyl (C=O) groups is 1. The highest BCUT2D eigenvalue weighted by Gasteiger charge is 2.37. The molecule has 0 amide bonds. The Kier molecular flexibility index (Phi) is 5.19. The lowest BCUT2D eigenvalue weighted by Gasteiger charge is -2.42. The van der Waals surface area contributed by atoms with Crippen LogP contribution < -0.4 is 0 Å². The summed E-state index contributed by atoms with van der Waals surface area (Å²) in [5.41, 5.74) is 8.26. The fourth-order valence-corrected chi connectivity index (χ4v) is 5.01. The maximum atomic E-state index is 11.1. The van der Waals surface area contributed by atoms with Gasteiger partial charge < -0.3 is 5.11 Å². The molecule has 3 heteroatoms. The molecule has 4 rings (SSSR count). The summed E-state index contributed by atoms with van der Waals surface area (Å²) in [5, 5.41) is 13.4. The zero-order valence-electron chi connectivity index (χ0n) is 18.0. The minimum Gasteiger partial charge on any atom is -0.478 e. The van der Waals surface area contributed by atoms with Crippen molar-refractivity contribution in [2.75, 3.05) is 0 Å². The van der Waals surface area contributed by atoms with Crippen LogP contribution in [0.15, 0.2) is 53.2 Å². The molecule has 2 aromatic carbocycles. The third-order valence-electron chi connectivity index (χ3n) is 6.47. The van der Waals surface area contributed by atoms with Crippen molar-refractivity contribution >= 4 is 29.5 Å². The van der Waals surface area contributed by atoms with Crippen LogP contribution in [0.3, 0.4) is 0 Å². The van der Waals surface area contributed by atoms with Gasteiger partial charge in [0.2, 0.25) is 0 Å². The zero-order valence-corrected chi connectivity index (χ0v) is 18.8. The average Bonchev–Trinajstić information content (AvgIpc) is 3.24. The van der Waals surface area contributed by atoms with Gasteiger partial charge in [0.25, 0.3) is 0 Å². The van der Waals surface area contributed by atoms with Crippen molar-refractivity contribution in [3.8, 4) is 11.1 Å². The number of rotatable bonds is 4. The standard InChI is InChI=1S/C27H28O2S/c1-26(2)12-13-27(3,4)24-16-22(21-11-14-30-17-21)20(15-23(24)26)10-7-18-5-8-19(9-6-18)25(28)29/h5-11,14-17H,12-13H2,1-4H3,(H,28,29)/b10-7+. The van der Waals surface area contributed by atoms with Gasteiger partial charge in [-0.1, -0.05) is 58.0 Å². The number of fused-ring (bicyclic) bond motifs is 1. The highest BCUT2D eigenvalue weighted by atomic mass is 32.1. The van der Waals surface area contributed by atoms with Gasteiger partial charge in [0.05, 0.1) is 5.56 Å². The lowest BCUT2D eigenvalue weighted by Crippen LogP contribution is -2.34. The van der Waals surface area contributed by atoms with Gasteiger partial charge in [0.1, 0.15) is 0 Å². The molecule has 1 aromatic heterocycles. The first kappa shape index (κ1) is 20.6. The molecule has 0 bridgehead atoms. The lowest BCUT2D eigenvalue weighted by atomic mass is 9.62. The van der Waals surface area contributed by atoms with E-state index in [4.69, 9.17) is 5.11 Å². The molecule has 0 atom stereocenters. The van der Waals surface area contributed by atoms with Gasteiger partial charge in [-0.25, -0.2) is 4.79 Å². The molecule has 2 nitrogen and oxygen atoms in total. The SMILES string of the molecule is CC1(C)CCC(C)(C)c2cc(-c3ccsc3)c(/C=C/c3ccc(C(=O)O)cc3)cc21. The number of hydrogen-bond donors (Lipinski definition) is 1. The van der Waals surface area contributed by atoms with Crippen molar-refractivity contribution in [2.45, 2.75) is 51.4 Å². The maximum Gasteiger partial charge on any atom is 0.335 e. The van der Waals surface area contributed by atoms with Crippen molar-refractivity contribution in [1.29, 1.82) is 0 Å². The quantitative estimate of drug-likeness (QED) is 0.444. The van der Waals surface area contributed by atoms with Crippen LogP contribution in [0.25, 0.3) is 23.3 Å². The van der Waals surface area contributed by atoms with Gasteiger partial charge in [0, 0.05) is 0 Å². The van der Waals surface area contributed by atoms with Crippen LogP contribution in [0.5, 0.6) is 0 Å². The zero-order chi connectivity index (χ0) is 21.5. The molecule has 0 spiro atoms. The van der Waals surface area contributed by atoms with Crippen molar-refractivity contribution < 1.29 is 9.90 Å². The predicted octanol–water partition coefficient (Wildman–Crippen LogP) is 7.63. The predicted molar refractivity (Wildman–Crippen MR) is 127 cm³/mol. The minimum absolute atomic E-state index is 0.157. The maximum absolute atomic E-state index is 11.1. The van der Waals surface area contributed by atoms with Gasteiger partial charge in [-0.05, 0) is 92.1 Å². The molecular weight excluding hydrogens is 388 g/mol. The number of thiophene rings is 1. The third kappa shape index (κ3) is 3.87. The van der Waals surface area contributed by atoms with Gasteiger partial charge in [-0.3, -0.25) is 0 Å². The summed E-state index contributed by atoms with van der Waals surface area (Å²) in [6.07, 6.45) is 6.62. The molecule has 0 fully saturated rings. The Balaban J connectivity index is 1.83. The molecule has 0 saturated heterocycles. The fourth-order valence-electron chi connectivity index (χ4n) is 4.36. The lowest BCUT2D eigenvalue weighted by molar-refractivity contribution is 0.0697. The molecule has 1 aliphatic carbocycles. The van der Waals surface area contributed by atoms with E-state index in [1.54, 1.807) is 23.5 Å². The van der Waals surface area contributed by atoms with Gasteiger partial charge in [-0.2, -0.15) is 11.3 Å². The molecule has 0 saturated carbocycles. The van der Waals surface area contributed by atoms with Crippen molar-refractivity contribution in [3.05, 3.63) is 81.0 Å². The number of carboxylic acid groups (broad SMARTS) is 1. The highest BCUT2D eigenvalue weighted by molar-refractivity contribution is 7.08. The summed E-state index contributed by atoms with van der Waals surface area (Å²) in [6, 6.07) is 14.0. The number of hydrogen-bond acceptors (Lipinski definition) is 2. The van der Waals surface area contributed by atoms with E-state index in [0.29, 0.717) is 5.56 Å². The van der Waals surface area contributed by atoms with Crippen molar-refractivity contribution in [1.82, 2.24) is 0 Å². The van der Waals surface area contributed by atoms with Gasteiger partial charge in [-0.15, -0.1) is 0 Å². The summed E-state index contributed by atoms with van der Waals surface area (Å²) in [7, 11) is 0. The smallest absolute Gasteiger partial charge is 0.335 e. The van der Waals surface area contributed by atoms with Crippen LogP contribution >= 0.6 is 11.3 Å². The second-order valence-corrected chi connectivity index (χ2v) is 10.3. The van der Waals surface area contributed by atoms with Crippen molar-refractivity contribution in [2.24, 2.45) is 0 Å². The molecule has 1 N–H and O–H groups in total. The molecular formula is C27H28O2S. The fraction of sp³-hybridized carbons (Fsp3) is 0.296. The van der Waals surface area contributed by atoms with E-state index in [1.165, 1.54) is 40.7 Å². The Bertz CT molecular complexity index is 1100. The topological polar surface area (TPSA) is 37.3 Å². The van der Waals surface area contributed by atoms with E-state index < -0.39 is 5.97 Å². The van der Waals surface area contributed by atoms with E-state index in [-0.39, 0.29) is 10.8 Å². The Labute approximate surface area is 182 Å². The van der Waals surface area contributed by atoms with Crippen LogP contribution in [0.2, 0.25) is 0 Å². The van der Waals surface area contributed by atoms with E-state index in [0.717, 1.165) is 5.56 Å². The minimum atomic E-state index is -0.898. The molecule has 0 radical (unpaired) electrons. The highest BCUT2D eigenvalue weighted by Crippen LogP contribution is 2.48. The van der Waals surface area contributed by atoms with Crippen LogP contribution in [0.4, 0.5) is 0 Å². The van der Waals surface area contributed by atoms with Crippen LogP contribution in [0.1, 0.15) is 73.1 Å². The van der Waals surface area contributed by atoms with Crippen LogP contribution in [-0.4, -0.2) is 11.1 Å². The summed E-state index contributed by atoms with van der Waals surface area (Å²) in [4.78, 5) is 11.1. The molecule has 0 unspecified atom stereocenters. The van der Waals surface area contributed by atoms with E-state index in [2.05, 4.69) is 68.8 Å². The largest absolute Gasteiger partial charge is 0.478 e. The number of carboxylic acids is 1. The summed E-state index contributed by atoms with van der Waals surface area (Å²) in [6.45, 7) is 9.42. The second-order valence-electron chi connectivity index (χ2n) is 9.53. The third-order valence-corrected chi connectivity index (χ3v) is 7.15. The van der Waals surface area contributed by atoms with Crippen LogP contribution in [0, 0.1) is 0 Å². The molecule has 3 aromatic rings. The molecule has 154 valence electrons. The summed E-state index contributed by atoms with van der Waals surface area (Å²) < 4.78 is 0. The van der Waals surface area contributed by atoms with E-state index in [1.807, 2.05) is 12.1 Å². The van der Waals surface area contributed by atoms with Crippen molar-refractivity contribution in [3.63, 3.8) is 0 Å². The Morgan fingerprint density at radius 1 is 0.933 bits per heavy atom. The first-order valence-electron chi connectivity index (χ1n) is 10.4. The van der Waals surface area contributed by atoms with E-state index in [9.17, 15) is 4.79 Å². The summed E-state index contributed by atoms with van der Waals surface area (Å²) >= 11 is 1.72. The Morgan fingerprint density at radius 3 is 2.13 bits per heavy atom.